The zero-order valence-electron chi connectivity index (χ0n) is 42.8. The van der Waals surface area contributed by atoms with Gasteiger partial charge in [-0.25, -0.2) is 0 Å². The van der Waals surface area contributed by atoms with Crippen molar-refractivity contribution in [1.82, 2.24) is 0 Å². The Morgan fingerprint density at radius 3 is 0.899 bits per heavy atom. The molecule has 69 heavy (non-hydrogen) atoms. The Kier molecular flexibility index (Phi) is 11.9. The van der Waals surface area contributed by atoms with Gasteiger partial charge < -0.3 is 0 Å². The summed E-state index contributed by atoms with van der Waals surface area (Å²) in [6.45, 7) is 27.5. The van der Waals surface area contributed by atoms with Crippen molar-refractivity contribution in [2.45, 2.75) is 88.5 Å². The largest absolute Gasteiger partial charge is 0.242 e. The fourth-order valence-corrected chi connectivity index (χ4v) is 13.3. The van der Waals surface area contributed by atoms with Crippen molar-refractivity contribution in [2.24, 2.45) is 0 Å². The molecule has 0 saturated carbocycles. The third-order valence-electron chi connectivity index (χ3n) is 15.6. The van der Waals surface area contributed by atoms with Gasteiger partial charge in [-0.15, -0.1) is 0 Å². The van der Waals surface area contributed by atoms with E-state index in [0.29, 0.717) is 0 Å². The lowest BCUT2D eigenvalue weighted by atomic mass is 9.34. The maximum absolute atomic E-state index is 2.62. The lowest BCUT2D eigenvalue weighted by Crippen LogP contribution is -2.56. The molecule has 0 spiro atoms. The van der Waals surface area contributed by atoms with Gasteiger partial charge in [0.1, 0.15) is 0 Å². The number of benzene rings is 9. The van der Waals surface area contributed by atoms with Gasteiger partial charge in [-0.1, -0.05) is 269 Å². The smallest absolute Gasteiger partial charge is 0.0682 e. The van der Waals surface area contributed by atoms with Crippen LogP contribution in [0.15, 0.2) is 170 Å². The predicted molar refractivity (Wildman–Crippen MR) is 301 cm³/mol. The third-order valence-corrected chi connectivity index (χ3v) is 15.6. The molecule has 0 aromatic heterocycles. The van der Waals surface area contributed by atoms with E-state index >= 15 is 0 Å². The molecule has 0 amide bonds. The zero-order valence-corrected chi connectivity index (χ0v) is 42.8. The molecule has 9 aromatic rings. The van der Waals surface area contributed by atoms with Crippen LogP contribution < -0.4 is 32.8 Å². The highest BCUT2D eigenvalue weighted by molar-refractivity contribution is 6.97. The van der Waals surface area contributed by atoms with E-state index < -0.39 is 5.41 Å². The van der Waals surface area contributed by atoms with Crippen LogP contribution in [0.4, 0.5) is 0 Å². The lowest BCUT2D eigenvalue weighted by molar-refractivity contribution is 0.770. The van der Waals surface area contributed by atoms with E-state index in [0.717, 1.165) is 0 Å². The molecule has 1 aliphatic carbocycles. The molecule has 0 nitrogen and oxygen atoms in total. The predicted octanol–water partition coefficient (Wildman–Crippen LogP) is 12.5. The summed E-state index contributed by atoms with van der Waals surface area (Å²) in [5.74, 6) is 0. The summed E-state index contributed by atoms with van der Waals surface area (Å²) in [7, 11) is 0. The van der Waals surface area contributed by atoms with Crippen LogP contribution in [0.5, 0.6) is 0 Å². The average molecular weight is 891 g/mol. The van der Waals surface area contributed by atoms with Crippen molar-refractivity contribution in [3.8, 4) is 22.3 Å². The Hall–Kier alpha value is -6.89. The molecule has 10 rings (SSSR count). The zero-order chi connectivity index (χ0) is 48.5. The first-order valence-electron chi connectivity index (χ1n) is 25.0. The van der Waals surface area contributed by atoms with Gasteiger partial charge in [0, 0.05) is 0 Å². The first-order chi connectivity index (χ1) is 33.1. The molecule has 338 valence electrons. The second-order valence-corrected chi connectivity index (χ2v) is 20.8. The Balaban J connectivity index is 1.31. The highest BCUT2D eigenvalue weighted by atomic mass is 14.5. The summed E-state index contributed by atoms with van der Waals surface area (Å²) in [6, 6.07) is 65.9. The molecule has 0 bridgehead atoms. The molecule has 0 radical (unpaired) electrons. The van der Waals surface area contributed by atoms with Crippen LogP contribution in [0.25, 0.3) is 22.3 Å². The van der Waals surface area contributed by atoms with Crippen LogP contribution >= 0.6 is 0 Å². The molecule has 1 aliphatic rings. The van der Waals surface area contributed by atoms with Crippen molar-refractivity contribution in [3.05, 3.63) is 259 Å². The summed E-state index contributed by atoms with van der Waals surface area (Å²) < 4.78 is 0. The topological polar surface area (TPSA) is 0 Å². The van der Waals surface area contributed by atoms with Crippen molar-refractivity contribution in [2.75, 3.05) is 0 Å². The molecule has 0 N–H and O–H groups in total. The monoisotopic (exact) mass is 891 g/mol. The number of aryl methyl sites for hydroxylation is 12. The van der Waals surface area contributed by atoms with Crippen molar-refractivity contribution < 1.29 is 0 Å². The molecule has 0 saturated heterocycles. The summed E-state index contributed by atoms with van der Waals surface area (Å²) in [5, 5.41) is 0. The van der Waals surface area contributed by atoms with Crippen LogP contribution in [0, 0.1) is 83.1 Å². The van der Waals surface area contributed by atoms with E-state index in [2.05, 4.69) is 253 Å². The summed E-state index contributed by atoms with van der Waals surface area (Å²) in [6.07, 6.45) is 0. The van der Waals surface area contributed by atoms with Gasteiger partial charge in [0.05, 0.1) is 5.41 Å². The van der Waals surface area contributed by atoms with Crippen LogP contribution in [0.2, 0.25) is 0 Å². The van der Waals surface area contributed by atoms with Gasteiger partial charge >= 0.3 is 0 Å². The fourth-order valence-electron chi connectivity index (χ4n) is 13.3. The Bertz CT molecular complexity index is 3070. The van der Waals surface area contributed by atoms with Gasteiger partial charge in [-0.05, 0) is 128 Å². The first kappa shape index (κ1) is 45.9. The maximum atomic E-state index is 2.62. The molecule has 2 heteroatoms. The SMILES string of the molecule is Cc1cc(C)c(B(c2ccc3c(c2)C(c2ccccc2)(c2ccc(-c4ccccc4)cc2)c2cc(B(c4c(C)cc(C)cc4C)c4c(C)cc(C)cc4C)ccc2-3)c2c(C)cc(C)cc2C)c(C)c1. The number of hydrogen-bond acceptors (Lipinski definition) is 0. The fraction of sp³-hybridized carbons (Fsp3) is 0.194. The van der Waals surface area contributed by atoms with Crippen LogP contribution in [-0.4, -0.2) is 13.4 Å². The highest BCUT2D eigenvalue weighted by Gasteiger charge is 2.47. The van der Waals surface area contributed by atoms with Gasteiger partial charge in [-0.3, -0.25) is 0 Å². The van der Waals surface area contributed by atoms with E-state index in [-0.39, 0.29) is 13.4 Å². The van der Waals surface area contributed by atoms with Crippen LogP contribution in [0.1, 0.15) is 89.0 Å². The molecular formula is C67H64B2. The van der Waals surface area contributed by atoms with Gasteiger partial charge in [0.2, 0.25) is 13.4 Å². The minimum absolute atomic E-state index is 0.0362. The van der Waals surface area contributed by atoms with Gasteiger partial charge in [0.25, 0.3) is 0 Å². The Labute approximate surface area is 413 Å². The van der Waals surface area contributed by atoms with Gasteiger partial charge in [0.15, 0.2) is 0 Å². The molecule has 0 fully saturated rings. The highest BCUT2D eigenvalue weighted by Crippen LogP contribution is 2.56. The standard InChI is InChI=1S/C67H64B2/c1-41-31-45(5)63(46(6)32-41)68(64-47(7)33-42(2)34-48(64)8)57-27-29-59-60-30-28-58(69(65-49(9)35-43(3)36-50(65)10)66-51(11)37-44(4)38-52(66)12)40-62(60)67(61(59)39-57,55-21-17-14-18-22-55)56-25-23-54(24-26-56)53-19-15-13-16-20-53/h13-40H,1-12H3. The van der Waals surface area contributed by atoms with E-state index in [9.17, 15) is 0 Å². The average Bonchev–Trinajstić information content (AvgIpc) is 3.59. The van der Waals surface area contributed by atoms with Crippen molar-refractivity contribution in [1.29, 1.82) is 0 Å². The number of hydrogen-bond donors (Lipinski definition) is 0. The van der Waals surface area contributed by atoms with Crippen molar-refractivity contribution in [3.63, 3.8) is 0 Å². The minimum Gasteiger partial charge on any atom is -0.0682 e. The summed E-state index contributed by atoms with van der Waals surface area (Å²) in [4.78, 5) is 0. The Morgan fingerprint density at radius 2 is 0.565 bits per heavy atom. The van der Waals surface area contributed by atoms with E-state index in [1.165, 1.54) is 144 Å². The van der Waals surface area contributed by atoms with E-state index in [1.54, 1.807) is 0 Å². The lowest BCUT2D eigenvalue weighted by Gasteiger charge is -2.35. The first-order valence-corrected chi connectivity index (χ1v) is 25.0. The summed E-state index contributed by atoms with van der Waals surface area (Å²) in [5.41, 5.74) is 33.8. The molecule has 0 atom stereocenters. The Morgan fingerprint density at radius 1 is 0.275 bits per heavy atom. The molecular weight excluding hydrogens is 826 g/mol. The van der Waals surface area contributed by atoms with E-state index in [1.807, 2.05) is 0 Å². The number of fused-ring (bicyclic) bond motifs is 3. The van der Waals surface area contributed by atoms with Crippen molar-refractivity contribution >= 4 is 46.2 Å². The van der Waals surface area contributed by atoms with E-state index in [4.69, 9.17) is 0 Å². The molecule has 0 unspecified atom stereocenters. The van der Waals surface area contributed by atoms with Crippen LogP contribution in [0.3, 0.4) is 0 Å². The third kappa shape index (κ3) is 7.83. The van der Waals surface area contributed by atoms with Gasteiger partial charge in [-0.2, -0.15) is 0 Å². The molecule has 9 aromatic carbocycles. The normalized spacial score (nSPS) is 12.5. The molecule has 0 heterocycles. The maximum Gasteiger partial charge on any atom is 0.242 e. The van der Waals surface area contributed by atoms with Crippen LogP contribution in [-0.2, 0) is 5.41 Å². The molecule has 0 aliphatic heterocycles. The number of rotatable bonds is 9. The second-order valence-electron chi connectivity index (χ2n) is 20.8. The minimum atomic E-state index is -0.633. The second kappa shape index (κ2) is 17.9. The quantitative estimate of drug-likeness (QED) is 0.127. The summed E-state index contributed by atoms with van der Waals surface area (Å²) >= 11 is 0.